The molecule has 26 heavy (non-hydrogen) atoms. The van der Waals surface area contributed by atoms with E-state index in [1.807, 2.05) is 4.90 Å². The molecule has 0 atom stereocenters. The molecule has 1 N–H and O–H groups in total. The van der Waals surface area contributed by atoms with E-state index in [4.69, 9.17) is 0 Å². The third kappa shape index (κ3) is 4.50. The fourth-order valence-corrected chi connectivity index (χ4v) is 3.09. The molecule has 1 aromatic heterocycles. The summed E-state index contributed by atoms with van der Waals surface area (Å²) < 4.78 is 0. The molecule has 138 valence electrons. The molecule has 0 radical (unpaired) electrons. The predicted octanol–water partition coefficient (Wildman–Crippen LogP) is 2.96. The van der Waals surface area contributed by atoms with Crippen molar-refractivity contribution >= 4 is 17.5 Å². The van der Waals surface area contributed by atoms with Gasteiger partial charge in [-0.1, -0.05) is 25.5 Å². The number of carbonyl (C=O) groups excluding carboxylic acids is 1. The molecule has 2 aromatic rings. The van der Waals surface area contributed by atoms with Crippen molar-refractivity contribution in [3.63, 3.8) is 0 Å². The van der Waals surface area contributed by atoms with Crippen LogP contribution in [0, 0.1) is 6.92 Å². The van der Waals surface area contributed by atoms with Crippen molar-refractivity contribution in [2.45, 2.75) is 26.7 Å². The van der Waals surface area contributed by atoms with Gasteiger partial charge in [-0.2, -0.15) is 0 Å². The van der Waals surface area contributed by atoms with Gasteiger partial charge in [0.2, 0.25) is 5.95 Å². The largest absolute Gasteiger partial charge is 0.368 e. The molecule has 1 fully saturated rings. The Hall–Kier alpha value is -2.63. The lowest BCUT2D eigenvalue weighted by molar-refractivity contribution is 0.0741. The maximum atomic E-state index is 12.8. The molecule has 0 aliphatic carbocycles. The lowest BCUT2D eigenvalue weighted by Gasteiger charge is -2.36. The Bertz CT molecular complexity index is 740. The fraction of sp³-hybridized carbons (Fsp3) is 0.450. The van der Waals surface area contributed by atoms with Crippen LogP contribution in [0.25, 0.3) is 0 Å². The molecule has 0 bridgehead atoms. The summed E-state index contributed by atoms with van der Waals surface area (Å²) in [5, 5.41) is 3.18. The number of rotatable bonds is 6. The molecular weight excluding hydrogens is 326 g/mol. The van der Waals surface area contributed by atoms with Crippen LogP contribution in [0.4, 0.5) is 11.6 Å². The normalized spacial score (nSPS) is 14.4. The summed E-state index contributed by atoms with van der Waals surface area (Å²) in [6.07, 6.45) is 3.82. The number of nitrogens with zero attached hydrogens (tertiary/aromatic N) is 4. The molecule has 6 heteroatoms. The standard InChI is InChI=1S/C20H27N5O/c1-3-4-9-21-20-22-10-8-18(23-20)19(26)25-13-11-24(12-14-25)17-7-5-6-16(2)15-17/h5-8,10,15H,3-4,9,11-14H2,1-2H3,(H,21,22,23). The zero-order valence-electron chi connectivity index (χ0n) is 15.6. The number of amides is 1. The van der Waals surface area contributed by atoms with Crippen LogP contribution in [0.5, 0.6) is 0 Å². The fourth-order valence-electron chi connectivity index (χ4n) is 3.09. The van der Waals surface area contributed by atoms with Gasteiger partial charge < -0.3 is 15.1 Å². The predicted molar refractivity (Wildman–Crippen MR) is 105 cm³/mol. The van der Waals surface area contributed by atoms with E-state index in [0.717, 1.165) is 32.5 Å². The number of anilines is 2. The lowest BCUT2D eigenvalue weighted by Crippen LogP contribution is -2.49. The lowest BCUT2D eigenvalue weighted by atomic mass is 10.2. The topological polar surface area (TPSA) is 61.4 Å². The number of carbonyl (C=O) groups is 1. The van der Waals surface area contributed by atoms with Crippen molar-refractivity contribution in [2.75, 3.05) is 42.9 Å². The van der Waals surface area contributed by atoms with E-state index in [-0.39, 0.29) is 5.91 Å². The highest BCUT2D eigenvalue weighted by Gasteiger charge is 2.23. The van der Waals surface area contributed by atoms with Gasteiger partial charge in [0, 0.05) is 44.6 Å². The molecule has 1 aromatic carbocycles. The van der Waals surface area contributed by atoms with E-state index in [2.05, 4.69) is 58.3 Å². The van der Waals surface area contributed by atoms with E-state index in [1.165, 1.54) is 11.3 Å². The van der Waals surface area contributed by atoms with Gasteiger partial charge in [-0.3, -0.25) is 4.79 Å². The molecule has 1 aliphatic heterocycles. The molecule has 1 aliphatic rings. The minimum absolute atomic E-state index is 0.0187. The average molecular weight is 353 g/mol. The smallest absolute Gasteiger partial charge is 0.272 e. The van der Waals surface area contributed by atoms with Gasteiger partial charge >= 0.3 is 0 Å². The first-order chi connectivity index (χ1) is 12.7. The molecule has 0 saturated carbocycles. The van der Waals surface area contributed by atoms with E-state index in [1.54, 1.807) is 12.3 Å². The molecule has 0 unspecified atom stereocenters. The maximum absolute atomic E-state index is 12.8. The van der Waals surface area contributed by atoms with Gasteiger partial charge in [-0.05, 0) is 37.1 Å². The highest BCUT2D eigenvalue weighted by atomic mass is 16.2. The van der Waals surface area contributed by atoms with Crippen LogP contribution in [0.1, 0.15) is 35.8 Å². The number of hydrogen-bond acceptors (Lipinski definition) is 5. The van der Waals surface area contributed by atoms with Crippen LogP contribution in [0.2, 0.25) is 0 Å². The maximum Gasteiger partial charge on any atom is 0.272 e. The Morgan fingerprint density at radius 1 is 1.19 bits per heavy atom. The van der Waals surface area contributed by atoms with Crippen molar-refractivity contribution in [1.29, 1.82) is 0 Å². The van der Waals surface area contributed by atoms with Crippen molar-refractivity contribution < 1.29 is 4.79 Å². The summed E-state index contributed by atoms with van der Waals surface area (Å²) in [5.74, 6) is 0.512. The number of unbranched alkanes of at least 4 members (excludes halogenated alkanes) is 1. The number of aryl methyl sites for hydroxylation is 1. The SMILES string of the molecule is CCCCNc1nccc(C(=O)N2CCN(c3cccc(C)c3)CC2)n1. The highest BCUT2D eigenvalue weighted by molar-refractivity contribution is 5.92. The third-order valence-electron chi connectivity index (χ3n) is 4.62. The van der Waals surface area contributed by atoms with Gasteiger partial charge in [-0.25, -0.2) is 9.97 Å². The summed E-state index contributed by atoms with van der Waals surface area (Å²) in [7, 11) is 0. The van der Waals surface area contributed by atoms with Gasteiger partial charge in [-0.15, -0.1) is 0 Å². The summed E-state index contributed by atoms with van der Waals surface area (Å²) in [6, 6.07) is 10.2. The van der Waals surface area contributed by atoms with Crippen LogP contribution in [-0.2, 0) is 0 Å². The van der Waals surface area contributed by atoms with E-state index in [9.17, 15) is 4.79 Å². The van der Waals surface area contributed by atoms with Crippen LogP contribution < -0.4 is 10.2 Å². The second-order valence-corrected chi connectivity index (χ2v) is 6.66. The van der Waals surface area contributed by atoms with Crippen LogP contribution in [0.15, 0.2) is 36.5 Å². The summed E-state index contributed by atoms with van der Waals surface area (Å²) in [6.45, 7) is 8.14. The van der Waals surface area contributed by atoms with Gasteiger partial charge in [0.15, 0.2) is 0 Å². The Balaban J connectivity index is 1.59. The molecular formula is C20H27N5O. The van der Waals surface area contributed by atoms with Gasteiger partial charge in [0.1, 0.15) is 5.69 Å². The van der Waals surface area contributed by atoms with E-state index < -0.39 is 0 Å². The van der Waals surface area contributed by atoms with Crippen LogP contribution in [0.3, 0.4) is 0 Å². The summed E-state index contributed by atoms with van der Waals surface area (Å²) in [4.78, 5) is 25.6. The second kappa shape index (κ2) is 8.65. The number of hydrogen-bond donors (Lipinski definition) is 1. The summed E-state index contributed by atoms with van der Waals surface area (Å²) >= 11 is 0. The Morgan fingerprint density at radius 2 is 2.00 bits per heavy atom. The minimum atomic E-state index is -0.0187. The first-order valence-electron chi connectivity index (χ1n) is 9.35. The zero-order chi connectivity index (χ0) is 18.4. The quantitative estimate of drug-likeness (QED) is 0.809. The number of aromatic nitrogens is 2. The number of piperazine rings is 1. The number of nitrogens with one attached hydrogen (secondary N) is 1. The van der Waals surface area contributed by atoms with Crippen molar-refractivity contribution in [3.05, 3.63) is 47.8 Å². The van der Waals surface area contributed by atoms with Gasteiger partial charge in [0.25, 0.3) is 5.91 Å². The molecule has 1 amide bonds. The Labute approximate surface area is 155 Å². The number of benzene rings is 1. The summed E-state index contributed by atoms with van der Waals surface area (Å²) in [5.41, 5.74) is 2.94. The van der Waals surface area contributed by atoms with Gasteiger partial charge in [0.05, 0.1) is 0 Å². The molecule has 0 spiro atoms. The van der Waals surface area contributed by atoms with E-state index in [0.29, 0.717) is 24.7 Å². The highest BCUT2D eigenvalue weighted by Crippen LogP contribution is 2.18. The van der Waals surface area contributed by atoms with Crippen molar-refractivity contribution in [3.8, 4) is 0 Å². The Kier molecular flexibility index (Phi) is 6.04. The molecule has 2 heterocycles. The van der Waals surface area contributed by atoms with Crippen LogP contribution >= 0.6 is 0 Å². The van der Waals surface area contributed by atoms with Crippen molar-refractivity contribution in [2.24, 2.45) is 0 Å². The molecule has 1 saturated heterocycles. The monoisotopic (exact) mass is 353 g/mol. The van der Waals surface area contributed by atoms with E-state index >= 15 is 0 Å². The van der Waals surface area contributed by atoms with Crippen LogP contribution in [-0.4, -0.2) is 53.5 Å². The van der Waals surface area contributed by atoms with Crippen molar-refractivity contribution in [1.82, 2.24) is 14.9 Å². The minimum Gasteiger partial charge on any atom is -0.368 e. The second-order valence-electron chi connectivity index (χ2n) is 6.66. The first-order valence-corrected chi connectivity index (χ1v) is 9.35. The average Bonchev–Trinajstić information content (AvgIpc) is 2.68. The molecule has 6 nitrogen and oxygen atoms in total. The zero-order valence-corrected chi connectivity index (χ0v) is 15.6. The first kappa shape index (κ1) is 18.2. The molecule has 3 rings (SSSR count). The Morgan fingerprint density at radius 3 is 2.73 bits per heavy atom. The third-order valence-corrected chi connectivity index (χ3v) is 4.62.